The first kappa shape index (κ1) is 10.7. The minimum absolute atomic E-state index is 0.0366. The van der Waals surface area contributed by atoms with E-state index in [1.165, 1.54) is 16.7 Å². The van der Waals surface area contributed by atoms with Crippen molar-refractivity contribution in [2.24, 2.45) is 5.73 Å². The van der Waals surface area contributed by atoms with Gasteiger partial charge >= 0.3 is 0 Å². The molecule has 0 bridgehead atoms. The number of aliphatic hydroxyl groups is 1. The molecular formula is C13H19NO. The molecule has 82 valence electrons. The van der Waals surface area contributed by atoms with Gasteiger partial charge in [0, 0.05) is 12.0 Å². The minimum Gasteiger partial charge on any atom is -0.393 e. The third kappa shape index (κ3) is 1.58. The van der Waals surface area contributed by atoms with Gasteiger partial charge in [-0.1, -0.05) is 18.2 Å². The minimum atomic E-state index is -0.160. The predicted octanol–water partition coefficient (Wildman–Crippen LogP) is 1.65. The molecule has 15 heavy (non-hydrogen) atoms. The Bertz CT molecular complexity index is 347. The largest absolute Gasteiger partial charge is 0.393 e. The Hall–Kier alpha value is -0.860. The molecule has 0 unspecified atom stereocenters. The molecule has 3 N–H and O–H groups in total. The number of hydrogen-bond donors (Lipinski definition) is 2. The molecule has 0 aromatic heterocycles. The van der Waals surface area contributed by atoms with Crippen molar-refractivity contribution >= 4 is 0 Å². The van der Waals surface area contributed by atoms with Gasteiger partial charge in [-0.2, -0.15) is 0 Å². The molecule has 1 aromatic rings. The molecule has 0 heterocycles. The van der Waals surface area contributed by atoms with Crippen molar-refractivity contribution in [2.45, 2.75) is 38.2 Å². The molecule has 0 spiro atoms. The van der Waals surface area contributed by atoms with Crippen LogP contribution < -0.4 is 5.73 Å². The zero-order valence-electron chi connectivity index (χ0n) is 9.46. The second-order valence-corrected chi connectivity index (χ2v) is 4.81. The van der Waals surface area contributed by atoms with Crippen LogP contribution >= 0.6 is 0 Å². The van der Waals surface area contributed by atoms with Gasteiger partial charge in [-0.15, -0.1) is 0 Å². The summed E-state index contributed by atoms with van der Waals surface area (Å²) in [6, 6.07) is 6.34. The zero-order chi connectivity index (χ0) is 11.1. The van der Waals surface area contributed by atoms with Crippen LogP contribution in [0, 0.1) is 13.8 Å². The van der Waals surface area contributed by atoms with Crippen LogP contribution in [0.5, 0.6) is 0 Å². The average molecular weight is 205 g/mol. The zero-order valence-corrected chi connectivity index (χ0v) is 9.46. The Morgan fingerprint density at radius 3 is 2.27 bits per heavy atom. The fourth-order valence-corrected chi connectivity index (χ4v) is 2.97. The number of nitrogens with two attached hydrogens (primary N) is 1. The standard InChI is InChI=1S/C13H19NO/c1-9-4-3-5-10(2)12(9)13(8-14)6-11(15)7-13/h3-5,11,15H,6-8,14H2,1-2H3. The summed E-state index contributed by atoms with van der Waals surface area (Å²) in [7, 11) is 0. The number of aryl methyl sites for hydroxylation is 2. The van der Waals surface area contributed by atoms with Gasteiger partial charge in [0.1, 0.15) is 0 Å². The monoisotopic (exact) mass is 205 g/mol. The summed E-state index contributed by atoms with van der Waals surface area (Å²) in [5.74, 6) is 0. The van der Waals surface area contributed by atoms with E-state index in [4.69, 9.17) is 5.73 Å². The first-order chi connectivity index (χ1) is 7.09. The molecule has 0 aliphatic heterocycles. The van der Waals surface area contributed by atoms with E-state index in [1.54, 1.807) is 0 Å². The Morgan fingerprint density at radius 2 is 1.87 bits per heavy atom. The number of aliphatic hydroxyl groups excluding tert-OH is 1. The molecule has 1 aromatic carbocycles. The molecule has 2 rings (SSSR count). The van der Waals surface area contributed by atoms with Gasteiger partial charge in [-0.05, 0) is 43.4 Å². The fraction of sp³-hybridized carbons (Fsp3) is 0.538. The normalized spacial score (nSPS) is 30.0. The van der Waals surface area contributed by atoms with E-state index in [0.29, 0.717) is 6.54 Å². The van der Waals surface area contributed by atoms with Gasteiger partial charge in [0.25, 0.3) is 0 Å². The van der Waals surface area contributed by atoms with Gasteiger partial charge in [0.15, 0.2) is 0 Å². The summed E-state index contributed by atoms with van der Waals surface area (Å²) >= 11 is 0. The van der Waals surface area contributed by atoms with Crippen molar-refractivity contribution in [2.75, 3.05) is 6.54 Å². The van der Waals surface area contributed by atoms with Crippen molar-refractivity contribution in [3.8, 4) is 0 Å². The highest BCUT2D eigenvalue weighted by molar-refractivity contribution is 5.42. The highest BCUT2D eigenvalue weighted by Gasteiger charge is 2.45. The van der Waals surface area contributed by atoms with Crippen LogP contribution in [-0.2, 0) is 5.41 Å². The lowest BCUT2D eigenvalue weighted by Gasteiger charge is -2.46. The molecule has 1 fully saturated rings. The highest BCUT2D eigenvalue weighted by Crippen LogP contribution is 2.45. The van der Waals surface area contributed by atoms with Crippen molar-refractivity contribution in [3.05, 3.63) is 34.9 Å². The summed E-state index contributed by atoms with van der Waals surface area (Å²) in [4.78, 5) is 0. The second kappa shape index (κ2) is 3.62. The molecule has 0 radical (unpaired) electrons. The van der Waals surface area contributed by atoms with Crippen molar-refractivity contribution in [1.29, 1.82) is 0 Å². The SMILES string of the molecule is Cc1cccc(C)c1C1(CN)CC(O)C1. The van der Waals surface area contributed by atoms with Gasteiger partial charge in [0.2, 0.25) is 0 Å². The van der Waals surface area contributed by atoms with E-state index < -0.39 is 0 Å². The third-order valence-corrected chi connectivity index (χ3v) is 3.65. The maximum atomic E-state index is 9.50. The van der Waals surface area contributed by atoms with E-state index >= 15 is 0 Å². The molecule has 1 saturated carbocycles. The lowest BCUT2D eigenvalue weighted by Crippen LogP contribution is -2.50. The third-order valence-electron chi connectivity index (χ3n) is 3.65. The summed E-state index contributed by atoms with van der Waals surface area (Å²) in [6.45, 7) is 4.89. The van der Waals surface area contributed by atoms with E-state index in [1.807, 2.05) is 0 Å². The van der Waals surface area contributed by atoms with Crippen LogP contribution in [-0.4, -0.2) is 17.8 Å². The van der Waals surface area contributed by atoms with E-state index in [2.05, 4.69) is 32.0 Å². The van der Waals surface area contributed by atoms with Gasteiger partial charge in [0.05, 0.1) is 6.10 Å². The van der Waals surface area contributed by atoms with E-state index in [0.717, 1.165) is 12.8 Å². The summed E-state index contributed by atoms with van der Waals surface area (Å²) in [5.41, 5.74) is 9.88. The predicted molar refractivity (Wildman–Crippen MR) is 61.9 cm³/mol. The van der Waals surface area contributed by atoms with Gasteiger partial charge in [-0.3, -0.25) is 0 Å². The maximum absolute atomic E-state index is 9.50. The maximum Gasteiger partial charge on any atom is 0.0558 e. The summed E-state index contributed by atoms with van der Waals surface area (Å²) < 4.78 is 0. The number of benzene rings is 1. The second-order valence-electron chi connectivity index (χ2n) is 4.81. The highest BCUT2D eigenvalue weighted by atomic mass is 16.3. The van der Waals surface area contributed by atoms with E-state index in [-0.39, 0.29) is 11.5 Å². The summed E-state index contributed by atoms with van der Waals surface area (Å²) in [5, 5.41) is 9.50. The van der Waals surface area contributed by atoms with Crippen LogP contribution in [0.4, 0.5) is 0 Å². The first-order valence-corrected chi connectivity index (χ1v) is 5.54. The Morgan fingerprint density at radius 1 is 1.33 bits per heavy atom. The van der Waals surface area contributed by atoms with Crippen molar-refractivity contribution in [3.63, 3.8) is 0 Å². The molecule has 0 saturated heterocycles. The summed E-state index contributed by atoms with van der Waals surface area (Å²) in [6.07, 6.45) is 1.47. The van der Waals surface area contributed by atoms with Gasteiger partial charge < -0.3 is 10.8 Å². The molecular weight excluding hydrogens is 186 g/mol. The molecule has 0 amide bonds. The van der Waals surface area contributed by atoms with Crippen molar-refractivity contribution in [1.82, 2.24) is 0 Å². The Labute approximate surface area is 91.1 Å². The van der Waals surface area contributed by atoms with Gasteiger partial charge in [-0.25, -0.2) is 0 Å². The Kier molecular flexibility index (Phi) is 2.57. The van der Waals surface area contributed by atoms with Crippen LogP contribution in [0.3, 0.4) is 0 Å². The van der Waals surface area contributed by atoms with Crippen LogP contribution in [0.25, 0.3) is 0 Å². The van der Waals surface area contributed by atoms with E-state index in [9.17, 15) is 5.11 Å². The fourth-order valence-electron chi connectivity index (χ4n) is 2.97. The number of hydrogen-bond acceptors (Lipinski definition) is 2. The smallest absolute Gasteiger partial charge is 0.0558 e. The Balaban J connectivity index is 2.44. The first-order valence-electron chi connectivity index (χ1n) is 5.54. The number of rotatable bonds is 2. The molecule has 1 aliphatic rings. The topological polar surface area (TPSA) is 46.2 Å². The van der Waals surface area contributed by atoms with Crippen LogP contribution in [0.1, 0.15) is 29.5 Å². The molecule has 2 nitrogen and oxygen atoms in total. The lowest BCUT2D eigenvalue weighted by molar-refractivity contribution is 0.0216. The molecule has 1 aliphatic carbocycles. The van der Waals surface area contributed by atoms with Crippen LogP contribution in [0.15, 0.2) is 18.2 Å². The molecule has 2 heteroatoms. The van der Waals surface area contributed by atoms with Crippen LogP contribution in [0.2, 0.25) is 0 Å². The average Bonchev–Trinajstić information content (AvgIpc) is 2.14. The quantitative estimate of drug-likeness (QED) is 0.771. The van der Waals surface area contributed by atoms with Crippen molar-refractivity contribution < 1.29 is 5.11 Å². The lowest BCUT2D eigenvalue weighted by atomic mass is 9.61. The molecule has 0 atom stereocenters.